The van der Waals surface area contributed by atoms with Gasteiger partial charge in [-0.1, -0.05) is 12.5 Å². The summed E-state index contributed by atoms with van der Waals surface area (Å²) in [6, 6.07) is 5.99. The number of ether oxygens (including phenoxy) is 1. The number of nitrogens with one attached hydrogen (secondary N) is 1. The van der Waals surface area contributed by atoms with Crippen molar-refractivity contribution in [3.63, 3.8) is 0 Å². The molecule has 0 aliphatic carbocycles. The Bertz CT molecular complexity index is 536. The number of unbranched alkanes of at least 4 members (excludes halogenated alkanes) is 2. The summed E-state index contributed by atoms with van der Waals surface area (Å²) in [4.78, 5) is 15.2. The van der Waals surface area contributed by atoms with Crippen molar-refractivity contribution in [3.05, 3.63) is 30.6 Å². The first-order chi connectivity index (χ1) is 9.31. The quantitative estimate of drug-likeness (QED) is 0.614. The van der Waals surface area contributed by atoms with E-state index in [0.29, 0.717) is 6.42 Å². The van der Waals surface area contributed by atoms with Crippen molar-refractivity contribution in [1.82, 2.24) is 9.38 Å². The average Bonchev–Trinajstić information content (AvgIpc) is 2.91. The van der Waals surface area contributed by atoms with Gasteiger partial charge in [0.1, 0.15) is 11.5 Å². The molecule has 2 aromatic heterocycles. The minimum atomic E-state index is -0.129. The van der Waals surface area contributed by atoms with Gasteiger partial charge in [-0.3, -0.25) is 9.20 Å². The van der Waals surface area contributed by atoms with Gasteiger partial charge < -0.3 is 10.1 Å². The van der Waals surface area contributed by atoms with Crippen molar-refractivity contribution in [1.29, 1.82) is 0 Å². The highest BCUT2D eigenvalue weighted by atomic mass is 16.5. The van der Waals surface area contributed by atoms with E-state index in [1.54, 1.807) is 6.20 Å². The molecule has 0 spiro atoms. The lowest BCUT2D eigenvalue weighted by atomic mass is 10.2. The molecule has 0 radical (unpaired) electrons. The summed E-state index contributed by atoms with van der Waals surface area (Å²) in [7, 11) is 1.43. The van der Waals surface area contributed by atoms with Gasteiger partial charge in [0.2, 0.25) is 0 Å². The molecule has 0 atom stereocenters. The maximum atomic E-state index is 10.9. The third-order valence-electron chi connectivity index (χ3n) is 3.02. The molecule has 0 saturated heterocycles. The second kappa shape index (κ2) is 6.78. The number of hydrogen-bond donors (Lipinski definition) is 1. The highest BCUT2D eigenvalue weighted by Crippen LogP contribution is 2.11. The molecular formula is C14H19N3O2. The maximum absolute atomic E-state index is 10.9. The zero-order chi connectivity index (χ0) is 13.5. The van der Waals surface area contributed by atoms with Crippen molar-refractivity contribution in [2.75, 3.05) is 19.0 Å². The molecule has 2 rings (SSSR count). The zero-order valence-corrected chi connectivity index (χ0v) is 11.1. The van der Waals surface area contributed by atoms with Crippen LogP contribution in [0.5, 0.6) is 0 Å². The van der Waals surface area contributed by atoms with Gasteiger partial charge in [-0.25, -0.2) is 4.98 Å². The molecule has 0 saturated carbocycles. The second-order valence-electron chi connectivity index (χ2n) is 4.38. The molecule has 5 nitrogen and oxygen atoms in total. The lowest BCUT2D eigenvalue weighted by molar-refractivity contribution is -0.140. The van der Waals surface area contributed by atoms with Crippen LogP contribution in [-0.4, -0.2) is 29.0 Å². The molecule has 1 N–H and O–H groups in total. The number of methoxy groups -OCH3 is 1. The number of esters is 1. The van der Waals surface area contributed by atoms with E-state index in [-0.39, 0.29) is 5.97 Å². The number of aromatic nitrogens is 2. The number of rotatable bonds is 7. The lowest BCUT2D eigenvalue weighted by Crippen LogP contribution is -2.06. The summed E-state index contributed by atoms with van der Waals surface area (Å²) in [5, 5.41) is 3.38. The predicted octanol–water partition coefficient (Wildman–Crippen LogP) is 2.48. The van der Waals surface area contributed by atoms with Crippen molar-refractivity contribution >= 4 is 17.4 Å². The molecule has 102 valence electrons. The maximum Gasteiger partial charge on any atom is 0.305 e. The minimum absolute atomic E-state index is 0.129. The largest absolute Gasteiger partial charge is 0.469 e. The number of imidazole rings is 1. The van der Waals surface area contributed by atoms with Gasteiger partial charge in [0.15, 0.2) is 0 Å². The molecule has 2 heterocycles. The Morgan fingerprint density at radius 1 is 1.37 bits per heavy atom. The molecule has 19 heavy (non-hydrogen) atoms. The Labute approximate surface area is 112 Å². The fourth-order valence-electron chi connectivity index (χ4n) is 1.98. The van der Waals surface area contributed by atoms with Crippen LogP contribution in [-0.2, 0) is 9.53 Å². The Hall–Kier alpha value is -2.04. The van der Waals surface area contributed by atoms with Crippen molar-refractivity contribution in [2.45, 2.75) is 25.7 Å². The molecule has 2 aromatic rings. The van der Waals surface area contributed by atoms with Crippen LogP contribution < -0.4 is 5.32 Å². The summed E-state index contributed by atoms with van der Waals surface area (Å²) in [5.41, 5.74) is 0.940. The molecule has 0 aromatic carbocycles. The van der Waals surface area contributed by atoms with Crippen LogP contribution in [0.4, 0.5) is 5.82 Å². The van der Waals surface area contributed by atoms with Crippen LogP contribution in [0.2, 0.25) is 0 Å². The Morgan fingerprint density at radius 3 is 3.11 bits per heavy atom. The average molecular weight is 261 g/mol. The minimum Gasteiger partial charge on any atom is -0.469 e. The van der Waals surface area contributed by atoms with E-state index in [1.807, 2.05) is 28.8 Å². The number of nitrogens with zero attached hydrogens (tertiary/aromatic N) is 2. The molecule has 0 bridgehead atoms. The topological polar surface area (TPSA) is 55.6 Å². The van der Waals surface area contributed by atoms with E-state index in [9.17, 15) is 4.79 Å². The Balaban J connectivity index is 1.71. The molecule has 0 aliphatic heterocycles. The highest BCUT2D eigenvalue weighted by molar-refractivity contribution is 5.68. The van der Waals surface area contributed by atoms with Gasteiger partial charge >= 0.3 is 5.97 Å². The number of anilines is 1. The van der Waals surface area contributed by atoms with Gasteiger partial charge in [0.25, 0.3) is 0 Å². The van der Waals surface area contributed by atoms with E-state index in [2.05, 4.69) is 15.0 Å². The normalized spacial score (nSPS) is 10.6. The SMILES string of the molecule is COC(=O)CCCCCNc1cccc2nccn12. The predicted molar refractivity (Wildman–Crippen MR) is 74.2 cm³/mol. The van der Waals surface area contributed by atoms with Crippen LogP contribution in [0.3, 0.4) is 0 Å². The summed E-state index contributed by atoms with van der Waals surface area (Å²) < 4.78 is 6.62. The fraction of sp³-hybridized carbons (Fsp3) is 0.429. The van der Waals surface area contributed by atoms with Crippen molar-refractivity contribution in [3.8, 4) is 0 Å². The summed E-state index contributed by atoms with van der Waals surface area (Å²) in [6.45, 7) is 0.887. The van der Waals surface area contributed by atoms with E-state index < -0.39 is 0 Å². The first-order valence-corrected chi connectivity index (χ1v) is 6.54. The van der Waals surface area contributed by atoms with E-state index in [4.69, 9.17) is 0 Å². The summed E-state index contributed by atoms with van der Waals surface area (Å²) in [6.07, 6.45) is 7.16. The van der Waals surface area contributed by atoms with Gasteiger partial charge in [-0.15, -0.1) is 0 Å². The second-order valence-corrected chi connectivity index (χ2v) is 4.38. The number of carbonyl (C=O) groups is 1. The van der Waals surface area contributed by atoms with Gasteiger partial charge in [0.05, 0.1) is 7.11 Å². The molecule has 0 amide bonds. The monoisotopic (exact) mass is 261 g/mol. The highest BCUT2D eigenvalue weighted by Gasteiger charge is 2.01. The molecule has 5 heteroatoms. The Morgan fingerprint density at radius 2 is 2.26 bits per heavy atom. The fourth-order valence-corrected chi connectivity index (χ4v) is 1.98. The van der Waals surface area contributed by atoms with E-state index >= 15 is 0 Å². The molecule has 0 fully saturated rings. The summed E-state index contributed by atoms with van der Waals surface area (Å²) >= 11 is 0. The van der Waals surface area contributed by atoms with Crippen LogP contribution in [0.1, 0.15) is 25.7 Å². The van der Waals surface area contributed by atoms with Gasteiger partial charge in [-0.2, -0.15) is 0 Å². The third kappa shape index (κ3) is 3.71. The number of pyridine rings is 1. The number of fused-ring (bicyclic) bond motifs is 1. The van der Waals surface area contributed by atoms with Crippen molar-refractivity contribution in [2.24, 2.45) is 0 Å². The van der Waals surface area contributed by atoms with E-state index in [1.165, 1.54) is 7.11 Å². The smallest absolute Gasteiger partial charge is 0.305 e. The molecule has 0 unspecified atom stereocenters. The third-order valence-corrected chi connectivity index (χ3v) is 3.02. The van der Waals surface area contributed by atoms with Crippen molar-refractivity contribution < 1.29 is 9.53 Å². The number of hydrogen-bond acceptors (Lipinski definition) is 4. The lowest BCUT2D eigenvalue weighted by Gasteiger charge is -2.08. The zero-order valence-electron chi connectivity index (χ0n) is 11.1. The molecule has 0 aliphatic rings. The van der Waals surface area contributed by atoms with Crippen LogP contribution in [0.25, 0.3) is 5.65 Å². The molecular weight excluding hydrogens is 242 g/mol. The Kier molecular flexibility index (Phi) is 4.78. The van der Waals surface area contributed by atoms with E-state index in [0.717, 1.165) is 37.3 Å². The standard InChI is InChI=1S/C14H19N3O2/c1-19-14(18)8-3-2-4-9-15-12-6-5-7-13-16-10-11-17(12)13/h5-7,10-11,15H,2-4,8-9H2,1H3. The van der Waals surface area contributed by atoms with Crippen LogP contribution >= 0.6 is 0 Å². The van der Waals surface area contributed by atoms with Gasteiger partial charge in [-0.05, 0) is 25.0 Å². The first kappa shape index (κ1) is 13.4. The summed E-state index contributed by atoms with van der Waals surface area (Å²) in [5.74, 6) is 0.916. The van der Waals surface area contributed by atoms with Crippen LogP contribution in [0, 0.1) is 0 Å². The van der Waals surface area contributed by atoms with Gasteiger partial charge in [0, 0.05) is 25.4 Å². The number of carbonyl (C=O) groups excluding carboxylic acids is 1. The first-order valence-electron chi connectivity index (χ1n) is 6.54. The van der Waals surface area contributed by atoms with Crippen LogP contribution in [0.15, 0.2) is 30.6 Å².